The number of sulfone groups is 2. The second-order valence-electron chi connectivity index (χ2n) is 55.2. The van der Waals surface area contributed by atoms with E-state index < -0.39 is 58.5 Å². The van der Waals surface area contributed by atoms with Crippen LogP contribution in [-0.2, 0) is 48.2 Å². The van der Waals surface area contributed by atoms with Gasteiger partial charge in [-0.3, -0.25) is 4.79 Å². The van der Waals surface area contributed by atoms with Gasteiger partial charge >= 0.3 is 70.2 Å². The molecule has 0 amide bonds. The molecule has 2 aromatic carbocycles. The Balaban J connectivity index is 0.000000210. The molecule has 17 nitrogen and oxygen atoms in total. The van der Waals surface area contributed by atoms with E-state index in [9.17, 15) is 52.3 Å². The number of carbonyl (C=O) groups excluding carboxylic acids is 1. The topological polar surface area (TPSA) is 279 Å². The number of Topliss-reactive ketones (excluding diaryl/α,β-unsaturated/α-hetero) is 1. The first-order valence-electron chi connectivity index (χ1n) is 58.5. The molecule has 6 N–H and O–H groups in total. The van der Waals surface area contributed by atoms with Gasteiger partial charge in [-0.2, -0.15) is 13.6 Å². The first-order valence-corrected chi connectivity index (χ1v) is 67.1. The van der Waals surface area contributed by atoms with Gasteiger partial charge in [0.2, 0.25) is 0 Å². The molecule has 19 rings (SSSR count). The molecule has 17 fully saturated rings. The van der Waals surface area contributed by atoms with Gasteiger partial charge in [0.1, 0.15) is 5.78 Å². The quantitative estimate of drug-likeness (QED) is 0.0330. The van der Waals surface area contributed by atoms with Crippen LogP contribution in [0.4, 0.5) is 0 Å². The Morgan fingerprint density at radius 2 is 0.748 bits per heavy atom. The van der Waals surface area contributed by atoms with Crippen molar-refractivity contribution in [1.82, 2.24) is 0 Å². The second-order valence-corrected chi connectivity index (χ2v) is 70.7. The molecule has 28 atom stereocenters. The van der Waals surface area contributed by atoms with E-state index in [2.05, 4.69) is 123 Å². The zero-order valence-corrected chi connectivity index (χ0v) is 106. The number of benzene rings is 2. The summed E-state index contributed by atoms with van der Waals surface area (Å²) in [6.45, 7) is 40.1. The normalized spacial score (nSPS) is 42.1. The number of carbonyl (C=O) groups is 1. The van der Waals surface area contributed by atoms with Crippen LogP contribution in [0.1, 0.15) is 419 Å². The molecule has 1 spiro atoms. The average molecular weight is 2250 g/mol. The molecular formula is C124H213IKLiO17S3. The van der Waals surface area contributed by atoms with E-state index in [1.54, 1.807) is 66.4 Å². The molecule has 23 heteroatoms. The van der Waals surface area contributed by atoms with Crippen LogP contribution in [0.2, 0.25) is 0 Å². The van der Waals surface area contributed by atoms with Crippen LogP contribution in [-0.4, -0.2) is 189 Å². The predicted molar refractivity (Wildman–Crippen MR) is 603 cm³/mol. The van der Waals surface area contributed by atoms with Crippen molar-refractivity contribution < 1.29 is 151 Å². The number of aliphatic hydroxyl groups excluding tert-OH is 1. The summed E-state index contributed by atoms with van der Waals surface area (Å²) < 4.78 is 82.0. The maximum Gasteiger partial charge on any atom is 1.00 e. The Labute approximate surface area is 966 Å². The summed E-state index contributed by atoms with van der Waals surface area (Å²) >= 11 is 2.46. The SMILES string of the molecule is CC(C)(C)[O-].CO.COC1CCC(=O)CC1.COC1CCC(O)(CC([C@@H](C)[C@H]2CC[C@H]3[C@@H]4CC[C@H]5C[C@@](C)(O)CC[C@]5(C)[C@H]4CC[C@]23C)S(=O)(=O)c2ccccc2)CC1.COC1CCC(O)(CC[C@@H](C)[C@H]2CC[C@H]3[C@@H]4CC[C@H]5C[C@@](C)(O)CC[C@]5(C)[C@H]4CC[C@]23C)CC1.COC1CCC2(CC1)CO2.CS(C)(C)I.C[C@H](CS(=O)(=O)c1ccccc1)[C@H]1CC[C@H]2[C@@H]3CC[C@H]4C[C@@](C)(O)CC[C@]4(C)[C@H]3CC[C@]12C.[CH2-]CCC.[K+].[Li+]. The van der Waals surface area contributed by atoms with E-state index in [4.69, 9.17) is 28.8 Å². The van der Waals surface area contributed by atoms with E-state index >= 15 is 0 Å². The minimum atomic E-state index is -3.63. The summed E-state index contributed by atoms with van der Waals surface area (Å²) in [4.78, 5) is 11.5. The van der Waals surface area contributed by atoms with Gasteiger partial charge in [-0.05, 0) is 507 Å². The standard InChI is InChI=1S/C37H58O5S.C31H54O3.C29H44O3S.C8H14O2.C7H12O2.C4H9O.C4H9.C3H9IS.CH4O.K.Li/c1-25(33(43(40,41)28-9-7-6-8-10-28)24-37(39)19-15-27(42-5)16-20-37)30-13-14-31-29-12-11-26-23-34(2,38)21-22-35(26,3)32(29)17-18-36(30,31)4;1-21(10-15-31(33)16-11-23(34-5)12-17-31)25-8-9-26-24-7-6-22-20-28(2,32)18-19-29(22,3)27(24)13-14-30(25,26)4;1-20(19-33(31,32)22-8-6-5-7-9-22)24-12-13-25-23-11-10-21-18-27(2,30)16-17-28(21,3)26(23)14-15-29(24,25)4;1-9-7-2-4-8(5-3-7)6-10-8;1-9-7-4-2-6(8)3-5-7;1-4(2,3)5;1-3-4-2;1-5(2,3)4;1-2;;/h6-10,25-27,29-33,38-39H,11-24H2,1-5H3;21-27,32-33H,6-20H2,1-5H3;5-9,20-21,23-26,30H,10-19H2,1-4H3;7H,2-6H2,1H3;7H,2-5H2,1H3;1-3H3;1,3-4H2,2H3;1-3H3;2H,1H3;;/q;;;;;2*-1;;;2*+1/t25-,26-,27?,29-,30+,31-,32-,33?,34-,35-,36+,37?;21-,22+,23?,24+,25-,26+,27+,28+,29+,30-,31?;20-,21+,23+,24-,25+,26+,27+,28+,29-;;;;;;;;/m011......../s1. The van der Waals surface area contributed by atoms with Gasteiger partial charge in [0.15, 0.2) is 19.7 Å². The summed E-state index contributed by atoms with van der Waals surface area (Å²) in [6.07, 6.45) is 60.1. The second kappa shape index (κ2) is 54.3. The van der Waals surface area contributed by atoms with Gasteiger partial charge in [-0.15, -0.1) is 5.60 Å². The van der Waals surface area contributed by atoms with Crippen molar-refractivity contribution in [3.8, 4) is 0 Å². The van der Waals surface area contributed by atoms with E-state index in [1.165, 1.54) is 161 Å². The number of halogens is 1. The van der Waals surface area contributed by atoms with Crippen LogP contribution in [0.3, 0.4) is 0 Å². The fraction of sp³-hybridized carbons (Fsp3) is 0.887. The number of unbranched alkanes of at least 4 members (excludes halogenated alkanes) is 1. The first-order chi connectivity index (χ1) is 67.8. The van der Waals surface area contributed by atoms with Crippen molar-refractivity contribution in [2.24, 2.45) is 139 Å². The number of hydrogen-bond donors (Lipinski definition) is 6. The third-order valence-electron chi connectivity index (χ3n) is 43.7. The van der Waals surface area contributed by atoms with Crippen LogP contribution in [0.25, 0.3) is 0 Å². The van der Waals surface area contributed by atoms with Gasteiger partial charge in [0.05, 0.1) is 85.4 Å². The van der Waals surface area contributed by atoms with Gasteiger partial charge in [0.25, 0.3) is 0 Å². The summed E-state index contributed by atoms with van der Waals surface area (Å²) in [6, 6.07) is 18.0. The molecular weight excluding hydrogens is 2030 g/mol. The molecule has 147 heavy (non-hydrogen) atoms. The molecule has 1 aliphatic heterocycles. The van der Waals surface area contributed by atoms with Crippen molar-refractivity contribution >= 4 is 53.9 Å². The molecule has 17 aliphatic rings. The van der Waals surface area contributed by atoms with Crippen LogP contribution < -0.4 is 75.4 Å². The molecule has 838 valence electrons. The molecule has 16 aliphatic carbocycles. The number of ether oxygens (including phenoxy) is 5. The monoisotopic (exact) mass is 2240 g/mol. The Kier molecular flexibility index (Phi) is 48.5. The Morgan fingerprint density at radius 3 is 1.09 bits per heavy atom. The van der Waals surface area contributed by atoms with Crippen molar-refractivity contribution in [2.45, 2.75) is 498 Å². The van der Waals surface area contributed by atoms with Crippen molar-refractivity contribution in [2.75, 3.05) is 66.7 Å². The van der Waals surface area contributed by atoms with Crippen molar-refractivity contribution in [3.05, 3.63) is 67.6 Å². The fourth-order valence-corrected chi connectivity index (χ4v) is 39.0. The Hall–Kier alpha value is 0.844. The van der Waals surface area contributed by atoms with E-state index in [0.717, 1.165) is 195 Å². The third kappa shape index (κ3) is 32.7. The molecule has 0 bridgehead atoms. The smallest absolute Gasteiger partial charge is 0.850 e. The molecule has 1 heterocycles. The maximum absolute atomic E-state index is 14.5. The number of epoxide rings is 1. The van der Waals surface area contributed by atoms with Gasteiger partial charge in [-0.1, -0.05) is 133 Å². The van der Waals surface area contributed by atoms with Gasteiger partial charge in [0, 0.05) is 48.4 Å². The predicted octanol–water partition coefficient (Wildman–Crippen LogP) is 21.1. The van der Waals surface area contributed by atoms with Crippen LogP contribution in [0.5, 0.6) is 0 Å². The minimum absolute atomic E-state index is 0. The summed E-state index contributed by atoms with van der Waals surface area (Å²) in [5.41, 5.74) is -1.20. The van der Waals surface area contributed by atoms with E-state index in [1.807, 2.05) is 57.4 Å². The summed E-state index contributed by atoms with van der Waals surface area (Å²) in [7, 11) is 0.981. The molecule has 16 saturated carbocycles. The third-order valence-corrected chi connectivity index (χ3v) is 48.0. The van der Waals surface area contributed by atoms with Crippen LogP contribution in [0.15, 0.2) is 70.5 Å². The molecule has 1 unspecified atom stereocenters. The Bertz CT molecular complexity index is 4490. The van der Waals surface area contributed by atoms with Gasteiger partial charge < -0.3 is 66.4 Å². The number of rotatable bonds is 19. The number of methoxy groups -OCH3 is 4. The zero-order valence-electron chi connectivity index (χ0n) is 97.9. The van der Waals surface area contributed by atoms with Crippen molar-refractivity contribution in [1.29, 1.82) is 0 Å². The fourth-order valence-electron chi connectivity index (χ4n) is 35.1. The molecule has 2 aromatic rings. The van der Waals surface area contributed by atoms with Gasteiger partial charge in [-0.25, -0.2) is 16.8 Å². The maximum atomic E-state index is 14.5. The zero-order chi connectivity index (χ0) is 107. The summed E-state index contributed by atoms with van der Waals surface area (Å²) in [5, 5.41) is 72.0. The number of hydrogen-bond acceptors (Lipinski definition) is 17. The van der Waals surface area contributed by atoms with E-state index in [-0.39, 0.29) is 112 Å². The number of fused-ring (bicyclic) bond motifs is 15. The van der Waals surface area contributed by atoms with Crippen LogP contribution in [0, 0.1) is 146 Å². The van der Waals surface area contributed by atoms with Crippen molar-refractivity contribution in [3.63, 3.8) is 0 Å². The van der Waals surface area contributed by atoms with E-state index in [0.29, 0.717) is 122 Å². The average Bonchev–Trinajstić information content (AvgIpc) is 1.64. The number of aliphatic hydroxyl groups is 6. The first kappa shape index (κ1) is 131. The minimum Gasteiger partial charge on any atom is -0.850 e. The molecule has 0 radical (unpaired) electrons. The molecule has 1 saturated heterocycles. The summed E-state index contributed by atoms with van der Waals surface area (Å²) in [5.74, 6) is 12.3. The van der Waals surface area contributed by atoms with Crippen LogP contribution >= 0.6 is 28.4 Å². The largest absolute Gasteiger partial charge is 1.00 e. The number of ketones is 1. The molecule has 0 aromatic heterocycles. The Morgan fingerprint density at radius 1 is 0.442 bits per heavy atom.